The molecule has 11 nitrogen and oxygen atoms in total. The van der Waals surface area contributed by atoms with E-state index in [0.717, 1.165) is 0 Å². The molecule has 2 saturated carbocycles. The SMILES string of the molecule is CC(C)[C@H]1CC[C@@](O)(COC(=O)/C(=C/[C@@H]2[C@@H](C(C)C)CCC3(O)COC(=O)[C@@H]23)CO)[C@H]2C(=O)OCC(C(=O)O)=C[C@H]12. The van der Waals surface area contributed by atoms with Gasteiger partial charge in [-0.15, -0.1) is 0 Å². The molecular formula is C30H42O11. The number of carboxylic acids is 1. The van der Waals surface area contributed by atoms with Crippen molar-refractivity contribution in [3.05, 3.63) is 23.3 Å². The van der Waals surface area contributed by atoms with Crippen molar-refractivity contribution >= 4 is 23.9 Å². The third kappa shape index (κ3) is 5.94. The van der Waals surface area contributed by atoms with Crippen molar-refractivity contribution in [2.24, 2.45) is 47.3 Å². The fraction of sp³-hybridized carbons (Fsp3) is 0.733. The molecule has 2 aliphatic carbocycles. The van der Waals surface area contributed by atoms with Gasteiger partial charge >= 0.3 is 23.9 Å². The van der Waals surface area contributed by atoms with Crippen molar-refractivity contribution in [3.63, 3.8) is 0 Å². The Labute approximate surface area is 239 Å². The van der Waals surface area contributed by atoms with Crippen molar-refractivity contribution in [2.45, 2.75) is 64.6 Å². The molecule has 0 aromatic heterocycles. The summed E-state index contributed by atoms with van der Waals surface area (Å²) < 4.78 is 15.9. The lowest BCUT2D eigenvalue weighted by molar-refractivity contribution is -0.181. The second kappa shape index (κ2) is 11.9. The van der Waals surface area contributed by atoms with Gasteiger partial charge in [0.25, 0.3) is 0 Å². The second-order valence-corrected chi connectivity index (χ2v) is 12.8. The van der Waals surface area contributed by atoms with E-state index in [1.165, 1.54) is 12.2 Å². The molecule has 0 radical (unpaired) electrons. The highest BCUT2D eigenvalue weighted by Crippen LogP contribution is 2.50. The number of fused-ring (bicyclic) bond motifs is 2. The lowest BCUT2D eigenvalue weighted by Gasteiger charge is -2.46. The Kier molecular flexibility index (Phi) is 9.01. The molecule has 2 aliphatic heterocycles. The first-order chi connectivity index (χ1) is 19.2. The molecule has 8 atom stereocenters. The molecule has 0 bridgehead atoms. The van der Waals surface area contributed by atoms with Gasteiger partial charge in [-0.05, 0) is 61.2 Å². The summed E-state index contributed by atoms with van der Waals surface area (Å²) in [5.74, 6) is -6.66. The second-order valence-electron chi connectivity index (χ2n) is 12.8. The predicted molar refractivity (Wildman–Crippen MR) is 143 cm³/mol. The molecule has 0 aromatic carbocycles. The van der Waals surface area contributed by atoms with E-state index in [4.69, 9.17) is 14.2 Å². The molecule has 3 fully saturated rings. The molecule has 0 aromatic rings. The van der Waals surface area contributed by atoms with Crippen LogP contribution in [0, 0.1) is 47.3 Å². The molecule has 1 saturated heterocycles. The number of allylic oxidation sites excluding steroid dienone is 2. The van der Waals surface area contributed by atoms with E-state index in [0.29, 0.717) is 19.3 Å². The smallest absolute Gasteiger partial charge is 0.336 e. The Hall–Kier alpha value is -2.76. The number of ether oxygens (including phenoxy) is 3. The molecule has 228 valence electrons. The maximum atomic E-state index is 13.2. The van der Waals surface area contributed by atoms with Gasteiger partial charge in [0, 0.05) is 0 Å². The summed E-state index contributed by atoms with van der Waals surface area (Å²) in [5, 5.41) is 42.5. The van der Waals surface area contributed by atoms with E-state index in [1.54, 1.807) is 0 Å². The van der Waals surface area contributed by atoms with Gasteiger partial charge in [-0.1, -0.05) is 39.8 Å². The van der Waals surface area contributed by atoms with Gasteiger partial charge in [0.15, 0.2) is 0 Å². The summed E-state index contributed by atoms with van der Waals surface area (Å²) in [6.07, 6.45) is 4.55. The van der Waals surface area contributed by atoms with Crippen molar-refractivity contribution in [3.8, 4) is 0 Å². The Morgan fingerprint density at radius 2 is 1.66 bits per heavy atom. The zero-order chi connectivity index (χ0) is 30.3. The summed E-state index contributed by atoms with van der Waals surface area (Å²) >= 11 is 0. The minimum Gasteiger partial charge on any atom is -0.478 e. The fourth-order valence-electron chi connectivity index (χ4n) is 7.45. The minimum absolute atomic E-state index is 0.0625. The van der Waals surface area contributed by atoms with Crippen molar-refractivity contribution in [1.82, 2.24) is 0 Å². The topological polar surface area (TPSA) is 177 Å². The first-order valence-electron chi connectivity index (χ1n) is 14.4. The van der Waals surface area contributed by atoms with E-state index in [2.05, 4.69) is 0 Å². The van der Waals surface area contributed by atoms with Crippen molar-refractivity contribution < 1.29 is 53.8 Å². The molecule has 4 N–H and O–H groups in total. The zero-order valence-electron chi connectivity index (χ0n) is 24.1. The van der Waals surface area contributed by atoms with Gasteiger partial charge in [0.1, 0.15) is 31.0 Å². The van der Waals surface area contributed by atoms with Crippen LogP contribution in [0.5, 0.6) is 0 Å². The number of aliphatic hydroxyl groups excluding tert-OH is 1. The zero-order valence-corrected chi connectivity index (χ0v) is 24.1. The van der Waals surface area contributed by atoms with Gasteiger partial charge in [0.05, 0.1) is 29.6 Å². The number of hydrogen-bond acceptors (Lipinski definition) is 10. The highest BCUT2D eigenvalue weighted by molar-refractivity contribution is 5.90. The van der Waals surface area contributed by atoms with Crippen LogP contribution in [0.3, 0.4) is 0 Å². The molecule has 11 heteroatoms. The van der Waals surface area contributed by atoms with Gasteiger partial charge < -0.3 is 34.6 Å². The Bertz CT molecular complexity index is 1120. The van der Waals surface area contributed by atoms with Crippen LogP contribution >= 0.6 is 0 Å². The van der Waals surface area contributed by atoms with Gasteiger partial charge in [-0.2, -0.15) is 0 Å². The molecule has 0 spiro atoms. The van der Waals surface area contributed by atoms with Crippen molar-refractivity contribution in [1.29, 1.82) is 0 Å². The largest absolute Gasteiger partial charge is 0.478 e. The van der Waals surface area contributed by atoms with E-state index in [1.807, 2.05) is 27.7 Å². The number of rotatable bonds is 8. The summed E-state index contributed by atoms with van der Waals surface area (Å²) in [6, 6.07) is 0. The van der Waals surface area contributed by atoms with Gasteiger partial charge in [-0.3, -0.25) is 9.59 Å². The molecular weight excluding hydrogens is 536 g/mol. The third-order valence-electron chi connectivity index (χ3n) is 9.74. The highest BCUT2D eigenvalue weighted by Gasteiger charge is 2.58. The van der Waals surface area contributed by atoms with E-state index >= 15 is 0 Å². The number of carboxylic acid groups (broad SMARTS) is 1. The lowest BCUT2D eigenvalue weighted by atomic mass is 9.61. The first kappa shape index (κ1) is 31.2. The summed E-state index contributed by atoms with van der Waals surface area (Å²) in [4.78, 5) is 50.7. The van der Waals surface area contributed by atoms with Crippen LogP contribution in [0.4, 0.5) is 0 Å². The van der Waals surface area contributed by atoms with Crippen LogP contribution in [0.15, 0.2) is 23.3 Å². The maximum absolute atomic E-state index is 13.2. The van der Waals surface area contributed by atoms with E-state index in [-0.39, 0.29) is 47.8 Å². The third-order valence-corrected chi connectivity index (χ3v) is 9.74. The molecule has 1 unspecified atom stereocenters. The fourth-order valence-corrected chi connectivity index (χ4v) is 7.45. The van der Waals surface area contributed by atoms with Crippen molar-refractivity contribution in [2.75, 3.05) is 26.4 Å². The number of cyclic esters (lactones) is 2. The van der Waals surface area contributed by atoms with Gasteiger partial charge in [-0.25, -0.2) is 9.59 Å². The number of aliphatic hydroxyl groups is 3. The van der Waals surface area contributed by atoms with Crippen LogP contribution < -0.4 is 0 Å². The average Bonchev–Trinajstić information content (AvgIpc) is 3.09. The lowest BCUT2D eigenvalue weighted by Crippen LogP contribution is -2.55. The maximum Gasteiger partial charge on any atom is 0.336 e. The van der Waals surface area contributed by atoms with Crippen LogP contribution in [0.2, 0.25) is 0 Å². The Morgan fingerprint density at radius 3 is 2.27 bits per heavy atom. The van der Waals surface area contributed by atoms with Crippen LogP contribution in [-0.2, 0) is 33.4 Å². The van der Waals surface area contributed by atoms with E-state index in [9.17, 15) is 39.6 Å². The van der Waals surface area contributed by atoms with Crippen LogP contribution in [-0.4, -0.2) is 81.9 Å². The Morgan fingerprint density at radius 1 is 1.02 bits per heavy atom. The van der Waals surface area contributed by atoms with Crippen LogP contribution in [0.1, 0.15) is 53.4 Å². The monoisotopic (exact) mass is 578 g/mol. The standard InChI is InChI=1S/C30H42O11/c1-15(2)19-5-8-30(38)14-41-28(36)24(30)21(19)9-17(11-31)26(34)40-13-29(37)7-6-20(16(3)4)22-10-18(25(32)33)12-39-27(35)23(22)29/h9-10,15-16,19-24,31,37-38H,5-8,11-14H2,1-4H3,(H,32,33)/b17-9+/t19-,20-,21-,22-,23-,24-,29-,30?/m1/s1. The number of carbonyl (C=O) groups is 4. The number of carbonyl (C=O) groups excluding carboxylic acids is 3. The molecule has 0 amide bonds. The molecule has 4 rings (SSSR count). The minimum atomic E-state index is -1.82. The average molecular weight is 579 g/mol. The normalized spacial score (nSPS) is 37.5. The Balaban J connectivity index is 1.59. The molecule has 2 heterocycles. The molecule has 4 aliphatic rings. The summed E-state index contributed by atoms with van der Waals surface area (Å²) in [6.45, 7) is 6.09. The van der Waals surface area contributed by atoms with E-state index < -0.39 is 78.6 Å². The summed E-state index contributed by atoms with van der Waals surface area (Å²) in [7, 11) is 0. The predicted octanol–water partition coefficient (Wildman–Crippen LogP) is 1.63. The summed E-state index contributed by atoms with van der Waals surface area (Å²) in [5.41, 5.74) is -3.37. The first-order valence-corrected chi connectivity index (χ1v) is 14.4. The van der Waals surface area contributed by atoms with Gasteiger partial charge in [0.2, 0.25) is 0 Å². The number of hydrogen-bond donors (Lipinski definition) is 4. The van der Waals surface area contributed by atoms with Crippen LogP contribution in [0.25, 0.3) is 0 Å². The quantitative estimate of drug-likeness (QED) is 0.187. The molecule has 41 heavy (non-hydrogen) atoms. The highest BCUT2D eigenvalue weighted by atomic mass is 16.6. The number of aliphatic carboxylic acids is 1. The number of esters is 3.